The number of hydrogen-bond acceptors (Lipinski definition) is 5. The first-order chi connectivity index (χ1) is 8.27. The van der Waals surface area contributed by atoms with Gasteiger partial charge < -0.3 is 26.6 Å². The molecular weight excluding hydrogens is 214 g/mol. The topological polar surface area (TPSA) is 60.1 Å². The Morgan fingerprint density at radius 1 is 0.824 bits per heavy atom. The van der Waals surface area contributed by atoms with Crippen LogP contribution in [-0.4, -0.2) is 63.4 Å². The molecule has 0 aromatic rings. The van der Waals surface area contributed by atoms with Crippen LogP contribution in [-0.2, 0) is 0 Å². The van der Waals surface area contributed by atoms with Gasteiger partial charge in [0.15, 0.2) is 0 Å². The molecule has 17 heavy (non-hydrogen) atoms. The second-order valence-corrected chi connectivity index (χ2v) is 5.27. The normalized spacial score (nSPS) is 34.2. The molecule has 0 aliphatic carbocycles. The molecule has 0 spiro atoms. The van der Waals surface area contributed by atoms with Crippen LogP contribution in [0.15, 0.2) is 0 Å². The molecule has 0 bridgehead atoms. The van der Waals surface area contributed by atoms with E-state index in [2.05, 4.69) is 40.4 Å². The molecule has 100 valence electrons. The Hall–Kier alpha value is -0.200. The minimum atomic E-state index is 0.501. The van der Waals surface area contributed by atoms with Gasteiger partial charge in [-0.25, -0.2) is 0 Å². The smallest absolute Gasteiger partial charge is 0.0344 e. The summed E-state index contributed by atoms with van der Waals surface area (Å²) < 4.78 is 0. The molecular formula is C12H27N5. The fraction of sp³-hybridized carbons (Fsp3) is 1.00. The van der Waals surface area contributed by atoms with Crippen LogP contribution in [0.1, 0.15) is 13.8 Å². The van der Waals surface area contributed by atoms with Crippen molar-refractivity contribution in [3.05, 3.63) is 0 Å². The molecule has 2 saturated heterocycles. The van der Waals surface area contributed by atoms with Gasteiger partial charge in [0.25, 0.3) is 0 Å². The van der Waals surface area contributed by atoms with Crippen LogP contribution in [0.5, 0.6) is 0 Å². The predicted octanol–water partition coefficient (Wildman–Crippen LogP) is -1.52. The Morgan fingerprint density at radius 2 is 1.29 bits per heavy atom. The van der Waals surface area contributed by atoms with Gasteiger partial charge in [-0.05, 0) is 13.8 Å². The first-order valence-corrected chi connectivity index (χ1v) is 6.91. The molecule has 2 aliphatic rings. The average molecular weight is 241 g/mol. The fourth-order valence-electron chi connectivity index (χ4n) is 2.71. The van der Waals surface area contributed by atoms with Crippen molar-refractivity contribution in [3.63, 3.8) is 0 Å². The van der Waals surface area contributed by atoms with E-state index in [9.17, 15) is 0 Å². The largest absolute Gasteiger partial charge is 0.314 e. The van der Waals surface area contributed by atoms with E-state index in [1.807, 2.05) is 0 Å². The maximum absolute atomic E-state index is 3.71. The predicted molar refractivity (Wildman–Crippen MR) is 71.4 cm³/mol. The molecule has 0 radical (unpaired) electrons. The standard InChI is InChI=1S/C12H27N5/c1-9(11-7-13-3-5-15-11)17-10(2)12-8-14-4-6-16-12/h9-17H,3-8H2,1-2H3. The van der Waals surface area contributed by atoms with E-state index in [-0.39, 0.29) is 0 Å². The van der Waals surface area contributed by atoms with Gasteiger partial charge in [-0.15, -0.1) is 0 Å². The molecule has 4 unspecified atom stereocenters. The molecule has 2 heterocycles. The lowest BCUT2D eigenvalue weighted by molar-refractivity contribution is 0.276. The highest BCUT2D eigenvalue weighted by atomic mass is 15.1. The van der Waals surface area contributed by atoms with Crippen LogP contribution in [0.4, 0.5) is 0 Å². The van der Waals surface area contributed by atoms with Crippen LogP contribution in [0.25, 0.3) is 0 Å². The van der Waals surface area contributed by atoms with E-state index in [0.717, 1.165) is 39.3 Å². The molecule has 5 nitrogen and oxygen atoms in total. The van der Waals surface area contributed by atoms with Gasteiger partial charge >= 0.3 is 0 Å². The third kappa shape index (κ3) is 3.89. The highest BCUT2D eigenvalue weighted by Gasteiger charge is 2.24. The Balaban J connectivity index is 1.74. The Kier molecular flexibility index (Phi) is 5.18. The Morgan fingerprint density at radius 3 is 1.65 bits per heavy atom. The van der Waals surface area contributed by atoms with Crippen LogP contribution >= 0.6 is 0 Å². The first-order valence-electron chi connectivity index (χ1n) is 6.91. The number of nitrogens with one attached hydrogen (secondary N) is 5. The SMILES string of the molecule is CC(NC(C)C1CNCCN1)C1CNCCN1. The minimum absolute atomic E-state index is 0.501. The lowest BCUT2D eigenvalue weighted by Gasteiger charge is -2.36. The fourth-order valence-corrected chi connectivity index (χ4v) is 2.71. The third-order valence-electron chi connectivity index (χ3n) is 3.88. The zero-order valence-electron chi connectivity index (χ0n) is 11.1. The van der Waals surface area contributed by atoms with Gasteiger partial charge in [-0.3, -0.25) is 0 Å². The van der Waals surface area contributed by atoms with Gasteiger partial charge in [0.1, 0.15) is 0 Å². The third-order valence-corrected chi connectivity index (χ3v) is 3.88. The first kappa shape index (κ1) is 13.2. The summed E-state index contributed by atoms with van der Waals surface area (Å²) >= 11 is 0. The number of rotatable bonds is 4. The maximum Gasteiger partial charge on any atom is 0.0344 e. The summed E-state index contributed by atoms with van der Waals surface area (Å²) in [5.74, 6) is 0. The molecule has 4 atom stereocenters. The van der Waals surface area contributed by atoms with Crippen molar-refractivity contribution in [2.24, 2.45) is 0 Å². The zero-order chi connectivity index (χ0) is 12.1. The maximum atomic E-state index is 3.71. The quantitative estimate of drug-likeness (QED) is 0.414. The molecule has 0 aromatic heterocycles. The molecule has 5 N–H and O–H groups in total. The number of piperazine rings is 2. The van der Waals surface area contributed by atoms with Crippen molar-refractivity contribution in [1.82, 2.24) is 26.6 Å². The van der Waals surface area contributed by atoms with E-state index in [4.69, 9.17) is 0 Å². The summed E-state index contributed by atoms with van der Waals surface area (Å²) in [6.07, 6.45) is 0. The summed E-state index contributed by atoms with van der Waals surface area (Å²) in [5, 5.41) is 17.7. The van der Waals surface area contributed by atoms with E-state index in [0.29, 0.717) is 24.2 Å². The van der Waals surface area contributed by atoms with E-state index in [1.54, 1.807) is 0 Å². The molecule has 5 heteroatoms. The van der Waals surface area contributed by atoms with Crippen LogP contribution in [0.2, 0.25) is 0 Å². The Bertz CT molecular complexity index is 189. The highest BCUT2D eigenvalue weighted by Crippen LogP contribution is 2.01. The van der Waals surface area contributed by atoms with Crippen LogP contribution in [0, 0.1) is 0 Å². The summed E-state index contributed by atoms with van der Waals surface area (Å²) in [7, 11) is 0. The van der Waals surface area contributed by atoms with Crippen molar-refractivity contribution in [1.29, 1.82) is 0 Å². The molecule has 0 saturated carbocycles. The Labute approximate surface area is 104 Å². The molecule has 2 fully saturated rings. The van der Waals surface area contributed by atoms with Crippen molar-refractivity contribution in [2.45, 2.75) is 38.0 Å². The zero-order valence-corrected chi connectivity index (χ0v) is 11.1. The van der Waals surface area contributed by atoms with Gasteiger partial charge in [-0.1, -0.05) is 0 Å². The highest BCUT2D eigenvalue weighted by molar-refractivity contribution is 4.90. The second kappa shape index (κ2) is 6.66. The lowest BCUT2D eigenvalue weighted by Crippen LogP contribution is -2.62. The van der Waals surface area contributed by atoms with E-state index in [1.165, 1.54) is 0 Å². The summed E-state index contributed by atoms with van der Waals surface area (Å²) in [4.78, 5) is 0. The molecule has 0 aromatic carbocycles. The van der Waals surface area contributed by atoms with E-state index >= 15 is 0 Å². The molecule has 2 aliphatic heterocycles. The minimum Gasteiger partial charge on any atom is -0.314 e. The monoisotopic (exact) mass is 241 g/mol. The van der Waals surface area contributed by atoms with Crippen molar-refractivity contribution in [3.8, 4) is 0 Å². The summed E-state index contributed by atoms with van der Waals surface area (Å²) in [6.45, 7) is 11.0. The number of hydrogen-bond donors (Lipinski definition) is 5. The van der Waals surface area contributed by atoms with E-state index < -0.39 is 0 Å². The van der Waals surface area contributed by atoms with Crippen molar-refractivity contribution >= 4 is 0 Å². The van der Waals surface area contributed by atoms with Crippen LogP contribution in [0.3, 0.4) is 0 Å². The van der Waals surface area contributed by atoms with Gasteiger partial charge in [-0.2, -0.15) is 0 Å². The van der Waals surface area contributed by atoms with Gasteiger partial charge in [0.2, 0.25) is 0 Å². The molecule has 0 amide bonds. The van der Waals surface area contributed by atoms with Crippen molar-refractivity contribution < 1.29 is 0 Å². The van der Waals surface area contributed by atoms with Crippen molar-refractivity contribution in [2.75, 3.05) is 39.3 Å². The summed E-state index contributed by atoms with van der Waals surface area (Å²) in [6, 6.07) is 2.09. The van der Waals surface area contributed by atoms with Gasteiger partial charge in [0, 0.05) is 63.4 Å². The average Bonchev–Trinajstić information content (AvgIpc) is 2.40. The van der Waals surface area contributed by atoms with Gasteiger partial charge in [0.05, 0.1) is 0 Å². The lowest BCUT2D eigenvalue weighted by atomic mass is 10.0. The second-order valence-electron chi connectivity index (χ2n) is 5.27. The molecule has 2 rings (SSSR count). The summed E-state index contributed by atoms with van der Waals surface area (Å²) in [5.41, 5.74) is 0. The van der Waals surface area contributed by atoms with Crippen LogP contribution < -0.4 is 26.6 Å².